The molecule has 1 atom stereocenters. The summed E-state index contributed by atoms with van der Waals surface area (Å²) >= 11 is 0. The second-order valence-corrected chi connectivity index (χ2v) is 4.87. The molecular formula is C16H21N2O3+. The van der Waals surface area contributed by atoms with E-state index in [0.29, 0.717) is 13.1 Å². The van der Waals surface area contributed by atoms with Crippen LogP contribution in [0.25, 0.3) is 0 Å². The monoisotopic (exact) mass is 289 g/mol. The van der Waals surface area contributed by atoms with E-state index in [9.17, 15) is 4.79 Å². The maximum Gasteiger partial charge on any atom is 0.275 e. The van der Waals surface area contributed by atoms with Gasteiger partial charge in [-0.3, -0.25) is 4.79 Å². The van der Waals surface area contributed by atoms with E-state index < -0.39 is 0 Å². The summed E-state index contributed by atoms with van der Waals surface area (Å²) in [7, 11) is 1.63. The van der Waals surface area contributed by atoms with Crippen molar-refractivity contribution in [1.82, 2.24) is 5.32 Å². The van der Waals surface area contributed by atoms with E-state index in [1.807, 2.05) is 48.6 Å². The summed E-state index contributed by atoms with van der Waals surface area (Å²) < 4.78 is 10.4. The molecule has 1 amide bonds. The fourth-order valence-electron chi connectivity index (χ4n) is 1.97. The predicted molar refractivity (Wildman–Crippen MR) is 78.8 cm³/mol. The summed E-state index contributed by atoms with van der Waals surface area (Å²) in [5.41, 5.74) is 1.04. The highest BCUT2D eigenvalue weighted by Crippen LogP contribution is 2.10. The molecule has 21 heavy (non-hydrogen) atoms. The normalized spacial score (nSPS) is 11.9. The highest BCUT2D eigenvalue weighted by Gasteiger charge is 2.13. The molecule has 0 fully saturated rings. The van der Waals surface area contributed by atoms with Crippen molar-refractivity contribution in [3.05, 3.63) is 54.0 Å². The molecule has 0 aliphatic heterocycles. The first-order valence-electron chi connectivity index (χ1n) is 6.95. The van der Waals surface area contributed by atoms with Gasteiger partial charge < -0.3 is 19.8 Å². The highest BCUT2D eigenvalue weighted by atomic mass is 16.5. The van der Waals surface area contributed by atoms with Gasteiger partial charge in [-0.15, -0.1) is 0 Å². The van der Waals surface area contributed by atoms with Crippen molar-refractivity contribution in [3.8, 4) is 5.75 Å². The third-order valence-corrected chi connectivity index (χ3v) is 3.30. The van der Waals surface area contributed by atoms with Gasteiger partial charge in [-0.25, -0.2) is 0 Å². The first-order valence-corrected chi connectivity index (χ1v) is 6.95. The minimum absolute atomic E-state index is 0.00391. The standard InChI is InChI=1S/C16H20N2O3/c1-12(15-4-3-9-21-15)17-11-16(19)18-10-13-5-7-14(20-2)8-6-13/h3-9,12,17H,10-11H2,1-2H3,(H,18,19)/p+1/t12-/m0/s1. The third-order valence-electron chi connectivity index (χ3n) is 3.30. The van der Waals surface area contributed by atoms with Gasteiger partial charge in [0, 0.05) is 6.54 Å². The van der Waals surface area contributed by atoms with Crippen LogP contribution in [0, 0.1) is 0 Å². The van der Waals surface area contributed by atoms with E-state index in [2.05, 4.69) is 5.32 Å². The molecule has 0 unspecified atom stereocenters. The zero-order chi connectivity index (χ0) is 15.1. The summed E-state index contributed by atoms with van der Waals surface area (Å²) in [6, 6.07) is 11.5. The van der Waals surface area contributed by atoms with E-state index in [-0.39, 0.29) is 11.9 Å². The molecule has 0 aliphatic rings. The number of rotatable bonds is 7. The maximum absolute atomic E-state index is 11.8. The van der Waals surface area contributed by atoms with E-state index >= 15 is 0 Å². The van der Waals surface area contributed by atoms with Gasteiger partial charge >= 0.3 is 0 Å². The first-order chi connectivity index (χ1) is 10.2. The van der Waals surface area contributed by atoms with Gasteiger partial charge in [0.2, 0.25) is 0 Å². The fraction of sp³-hybridized carbons (Fsp3) is 0.312. The van der Waals surface area contributed by atoms with Gasteiger partial charge in [-0.2, -0.15) is 0 Å². The number of nitrogens with two attached hydrogens (primary N) is 1. The quantitative estimate of drug-likeness (QED) is 0.805. The van der Waals surface area contributed by atoms with Crippen molar-refractivity contribution < 1.29 is 19.3 Å². The average Bonchev–Trinajstić information content (AvgIpc) is 3.05. The molecule has 0 saturated carbocycles. The summed E-state index contributed by atoms with van der Waals surface area (Å²) in [5, 5.41) is 4.84. The second kappa shape index (κ2) is 7.50. The summed E-state index contributed by atoms with van der Waals surface area (Å²) in [6.07, 6.45) is 1.64. The Morgan fingerprint density at radius 1 is 1.33 bits per heavy atom. The minimum Gasteiger partial charge on any atom is -0.497 e. The molecule has 1 heterocycles. The lowest BCUT2D eigenvalue weighted by molar-refractivity contribution is -0.684. The van der Waals surface area contributed by atoms with Crippen molar-refractivity contribution >= 4 is 5.91 Å². The number of methoxy groups -OCH3 is 1. The summed E-state index contributed by atoms with van der Waals surface area (Å²) in [4.78, 5) is 11.8. The van der Waals surface area contributed by atoms with E-state index in [4.69, 9.17) is 9.15 Å². The van der Waals surface area contributed by atoms with E-state index in [0.717, 1.165) is 17.1 Å². The molecule has 0 aliphatic carbocycles. The number of carbonyl (C=O) groups excluding carboxylic acids is 1. The third kappa shape index (κ3) is 4.65. The van der Waals surface area contributed by atoms with Crippen molar-refractivity contribution in [1.29, 1.82) is 0 Å². The van der Waals surface area contributed by atoms with Crippen LogP contribution >= 0.6 is 0 Å². The Hall–Kier alpha value is -2.27. The van der Waals surface area contributed by atoms with Crippen LogP contribution in [0.2, 0.25) is 0 Å². The maximum atomic E-state index is 11.8. The number of hydrogen-bond donors (Lipinski definition) is 2. The van der Waals surface area contributed by atoms with Gasteiger partial charge in [0.05, 0.1) is 13.4 Å². The molecule has 5 heteroatoms. The second-order valence-electron chi connectivity index (χ2n) is 4.87. The van der Waals surface area contributed by atoms with Crippen LogP contribution in [-0.4, -0.2) is 19.6 Å². The number of furan rings is 1. The molecule has 2 aromatic rings. The average molecular weight is 289 g/mol. The van der Waals surface area contributed by atoms with Crippen molar-refractivity contribution in [3.63, 3.8) is 0 Å². The van der Waals surface area contributed by atoms with E-state index in [1.54, 1.807) is 13.4 Å². The topological polar surface area (TPSA) is 68.1 Å². The Bertz CT molecular complexity index is 549. The van der Waals surface area contributed by atoms with Crippen LogP contribution in [0.1, 0.15) is 24.3 Å². The Balaban J connectivity index is 1.71. The first kappa shape index (κ1) is 15.1. The van der Waals surface area contributed by atoms with Crippen LogP contribution in [0.5, 0.6) is 5.75 Å². The number of quaternary nitrogens is 1. The zero-order valence-electron chi connectivity index (χ0n) is 12.3. The molecule has 2 rings (SSSR count). The smallest absolute Gasteiger partial charge is 0.275 e. The SMILES string of the molecule is COc1ccc(CNC(=O)C[NH2+][C@@H](C)c2ccco2)cc1. The number of amides is 1. The van der Waals surface area contributed by atoms with Gasteiger partial charge in [0.25, 0.3) is 5.91 Å². The molecule has 5 nitrogen and oxygen atoms in total. The van der Waals surface area contributed by atoms with Gasteiger partial charge in [0.15, 0.2) is 12.3 Å². The molecule has 3 N–H and O–H groups in total. The lowest BCUT2D eigenvalue weighted by Crippen LogP contribution is -2.86. The Morgan fingerprint density at radius 3 is 2.71 bits per heavy atom. The zero-order valence-corrected chi connectivity index (χ0v) is 12.3. The molecule has 112 valence electrons. The van der Waals surface area contributed by atoms with E-state index in [1.165, 1.54) is 0 Å². The largest absolute Gasteiger partial charge is 0.497 e. The molecule has 0 radical (unpaired) electrons. The summed E-state index contributed by atoms with van der Waals surface area (Å²) in [5.74, 6) is 1.69. The van der Waals surface area contributed by atoms with Crippen LogP contribution < -0.4 is 15.4 Å². The van der Waals surface area contributed by atoms with Crippen molar-refractivity contribution in [2.24, 2.45) is 0 Å². The number of ether oxygens (including phenoxy) is 1. The van der Waals surface area contributed by atoms with Gasteiger partial charge in [0.1, 0.15) is 11.8 Å². The molecule has 0 saturated heterocycles. The lowest BCUT2D eigenvalue weighted by atomic mass is 10.2. The van der Waals surface area contributed by atoms with Crippen LogP contribution in [0.4, 0.5) is 0 Å². The fourth-order valence-corrected chi connectivity index (χ4v) is 1.97. The Kier molecular flexibility index (Phi) is 5.40. The van der Waals surface area contributed by atoms with Crippen LogP contribution in [-0.2, 0) is 11.3 Å². The number of benzene rings is 1. The number of hydrogen-bond acceptors (Lipinski definition) is 3. The highest BCUT2D eigenvalue weighted by molar-refractivity contribution is 5.76. The molecular weight excluding hydrogens is 268 g/mol. The van der Waals surface area contributed by atoms with Gasteiger partial charge in [-0.1, -0.05) is 12.1 Å². The van der Waals surface area contributed by atoms with Gasteiger partial charge in [-0.05, 0) is 36.8 Å². The molecule has 1 aromatic carbocycles. The van der Waals surface area contributed by atoms with Crippen LogP contribution in [0.15, 0.2) is 47.1 Å². The molecule has 1 aromatic heterocycles. The Morgan fingerprint density at radius 2 is 2.10 bits per heavy atom. The minimum atomic E-state index is 0.00391. The van der Waals surface area contributed by atoms with Crippen molar-refractivity contribution in [2.75, 3.05) is 13.7 Å². The van der Waals surface area contributed by atoms with Crippen LogP contribution in [0.3, 0.4) is 0 Å². The number of carbonyl (C=O) groups is 1. The Labute approximate surface area is 124 Å². The molecule has 0 bridgehead atoms. The lowest BCUT2D eigenvalue weighted by Gasteiger charge is -2.09. The van der Waals surface area contributed by atoms with Crippen molar-refractivity contribution in [2.45, 2.75) is 19.5 Å². The predicted octanol–water partition coefficient (Wildman–Crippen LogP) is 1.23. The number of nitrogens with one attached hydrogen (secondary N) is 1. The summed E-state index contributed by atoms with van der Waals surface area (Å²) in [6.45, 7) is 2.90. The molecule has 0 spiro atoms.